The molecule has 3 aliphatic rings. The van der Waals surface area contributed by atoms with Crippen LogP contribution in [0.15, 0.2) is 63.5 Å². The van der Waals surface area contributed by atoms with Crippen molar-refractivity contribution in [1.82, 2.24) is 0 Å². The third kappa shape index (κ3) is 4.43. The van der Waals surface area contributed by atoms with Gasteiger partial charge in [0.05, 0.1) is 16.5 Å². The number of ether oxygens (including phenoxy) is 3. The zero-order chi connectivity index (χ0) is 25.4. The van der Waals surface area contributed by atoms with Gasteiger partial charge in [-0.3, -0.25) is 19.7 Å². The summed E-state index contributed by atoms with van der Waals surface area (Å²) in [4.78, 5) is 36.5. The van der Waals surface area contributed by atoms with Gasteiger partial charge in [0.1, 0.15) is 18.1 Å². The van der Waals surface area contributed by atoms with Crippen molar-refractivity contribution in [1.29, 1.82) is 0 Å². The average Bonchev–Trinajstić information content (AvgIpc) is 2.87. The molecule has 8 nitrogen and oxygen atoms in total. The molecule has 0 amide bonds. The number of allylic oxidation sites excluding steroid dienone is 4. The number of ketones is 2. The lowest BCUT2D eigenvalue weighted by molar-refractivity contribution is -0.384. The number of benzene rings is 2. The second-order valence-corrected chi connectivity index (χ2v) is 9.86. The number of halogens is 1. The maximum absolute atomic E-state index is 13.0. The lowest BCUT2D eigenvalue weighted by Gasteiger charge is -2.36. The first-order valence-electron chi connectivity index (χ1n) is 11.8. The quantitative estimate of drug-likeness (QED) is 0.315. The molecule has 0 unspecified atom stereocenters. The van der Waals surface area contributed by atoms with Crippen LogP contribution in [-0.2, 0) is 20.9 Å². The second kappa shape index (κ2) is 9.89. The molecule has 0 atom stereocenters. The first kappa shape index (κ1) is 24.2. The van der Waals surface area contributed by atoms with Crippen molar-refractivity contribution in [2.75, 3.05) is 7.11 Å². The van der Waals surface area contributed by atoms with Crippen molar-refractivity contribution < 1.29 is 28.7 Å². The van der Waals surface area contributed by atoms with E-state index >= 15 is 0 Å². The highest BCUT2D eigenvalue weighted by molar-refractivity contribution is 9.10. The van der Waals surface area contributed by atoms with Crippen LogP contribution in [0.5, 0.6) is 11.5 Å². The molecule has 2 aliphatic carbocycles. The van der Waals surface area contributed by atoms with Gasteiger partial charge in [0, 0.05) is 54.9 Å². The van der Waals surface area contributed by atoms with Gasteiger partial charge in [-0.15, -0.1) is 0 Å². The summed E-state index contributed by atoms with van der Waals surface area (Å²) in [6.07, 6.45) is 3.70. The Labute approximate surface area is 216 Å². The van der Waals surface area contributed by atoms with Crippen LogP contribution >= 0.6 is 15.9 Å². The van der Waals surface area contributed by atoms with Gasteiger partial charge < -0.3 is 14.2 Å². The van der Waals surface area contributed by atoms with E-state index in [-0.39, 0.29) is 23.9 Å². The molecule has 0 aromatic heterocycles. The van der Waals surface area contributed by atoms with Crippen molar-refractivity contribution in [3.8, 4) is 11.5 Å². The van der Waals surface area contributed by atoms with Crippen molar-refractivity contribution in [3.63, 3.8) is 0 Å². The highest BCUT2D eigenvalue weighted by Crippen LogP contribution is 2.50. The van der Waals surface area contributed by atoms with Crippen molar-refractivity contribution in [2.24, 2.45) is 0 Å². The van der Waals surface area contributed by atoms with Gasteiger partial charge in [0.15, 0.2) is 23.1 Å². The molecule has 0 N–H and O–H groups in total. The van der Waals surface area contributed by atoms with E-state index in [1.807, 2.05) is 12.1 Å². The van der Waals surface area contributed by atoms with E-state index in [2.05, 4.69) is 15.9 Å². The van der Waals surface area contributed by atoms with Crippen LogP contribution in [0.3, 0.4) is 0 Å². The number of nitro groups is 1. The number of nitrogens with zero attached hydrogens (tertiary/aromatic N) is 1. The maximum atomic E-state index is 13.0. The fourth-order valence-corrected chi connectivity index (χ4v) is 5.64. The molecule has 0 saturated carbocycles. The molecule has 186 valence electrons. The minimum Gasteiger partial charge on any atom is -0.493 e. The van der Waals surface area contributed by atoms with Crippen LogP contribution < -0.4 is 9.47 Å². The first-order chi connectivity index (χ1) is 17.4. The summed E-state index contributed by atoms with van der Waals surface area (Å²) in [5.41, 5.74) is 2.67. The zero-order valence-corrected chi connectivity index (χ0v) is 21.3. The summed E-state index contributed by atoms with van der Waals surface area (Å²) in [6.45, 7) is 0.172. The highest BCUT2D eigenvalue weighted by atomic mass is 79.9. The Hall–Kier alpha value is -3.46. The number of carbonyl (C=O) groups is 2. The predicted molar refractivity (Wildman–Crippen MR) is 134 cm³/mol. The molecular formula is C27H24BrNO7. The Bertz CT molecular complexity index is 1280. The smallest absolute Gasteiger partial charge is 0.269 e. The summed E-state index contributed by atoms with van der Waals surface area (Å²) >= 11 is 3.59. The Balaban J connectivity index is 1.51. The number of hydrogen-bond donors (Lipinski definition) is 0. The Morgan fingerprint density at radius 1 is 1.00 bits per heavy atom. The Kier molecular flexibility index (Phi) is 6.66. The number of non-ortho nitro benzene ring substituents is 1. The van der Waals surface area contributed by atoms with E-state index in [1.165, 1.54) is 19.2 Å². The van der Waals surface area contributed by atoms with Gasteiger partial charge >= 0.3 is 0 Å². The molecule has 1 heterocycles. The first-order valence-corrected chi connectivity index (χ1v) is 12.6. The normalized spacial score (nSPS) is 17.9. The fourth-order valence-electron chi connectivity index (χ4n) is 5.07. The van der Waals surface area contributed by atoms with Gasteiger partial charge in [-0.05, 0) is 64.2 Å². The zero-order valence-electron chi connectivity index (χ0n) is 19.7. The average molecular weight is 554 g/mol. The molecule has 0 spiro atoms. The fraction of sp³-hybridized carbons (Fsp3) is 0.333. The Morgan fingerprint density at radius 3 is 2.17 bits per heavy atom. The topological polar surface area (TPSA) is 105 Å². The van der Waals surface area contributed by atoms with Crippen molar-refractivity contribution in [2.45, 2.75) is 51.0 Å². The van der Waals surface area contributed by atoms with Gasteiger partial charge in [-0.25, -0.2) is 0 Å². The van der Waals surface area contributed by atoms with Crippen LogP contribution in [0.4, 0.5) is 5.69 Å². The highest BCUT2D eigenvalue weighted by Gasteiger charge is 2.42. The van der Waals surface area contributed by atoms with E-state index in [4.69, 9.17) is 14.2 Å². The van der Waals surface area contributed by atoms with Crippen molar-refractivity contribution >= 4 is 33.2 Å². The van der Waals surface area contributed by atoms with E-state index < -0.39 is 10.8 Å². The van der Waals surface area contributed by atoms with Gasteiger partial charge in [0.25, 0.3) is 5.69 Å². The SMILES string of the molecule is COc1cc(C2C3=C(CCCC3=O)OC3=C2C(=O)CCC3)cc(Br)c1OCc1ccc([N+](=O)[O-])cc1. The summed E-state index contributed by atoms with van der Waals surface area (Å²) in [7, 11) is 1.53. The predicted octanol–water partition coefficient (Wildman–Crippen LogP) is 6.07. The number of Topliss-reactive ketones (excluding diaryl/α,β-unsaturated/α-hetero) is 2. The number of rotatable bonds is 6. The lowest BCUT2D eigenvalue weighted by Crippen LogP contribution is -2.30. The van der Waals surface area contributed by atoms with Crippen LogP contribution in [0.25, 0.3) is 0 Å². The third-order valence-corrected chi connectivity index (χ3v) is 7.35. The van der Waals surface area contributed by atoms with E-state index in [0.29, 0.717) is 64.3 Å². The van der Waals surface area contributed by atoms with E-state index in [1.54, 1.807) is 12.1 Å². The molecule has 2 aromatic carbocycles. The number of hydrogen-bond acceptors (Lipinski definition) is 7. The molecule has 2 aromatic rings. The van der Waals surface area contributed by atoms with E-state index in [0.717, 1.165) is 24.0 Å². The van der Waals surface area contributed by atoms with Crippen molar-refractivity contribution in [3.05, 3.63) is 84.8 Å². The van der Waals surface area contributed by atoms with Crippen LogP contribution in [0.2, 0.25) is 0 Å². The van der Waals surface area contributed by atoms with Crippen LogP contribution in [0, 0.1) is 10.1 Å². The summed E-state index contributed by atoms with van der Waals surface area (Å²) in [6, 6.07) is 9.81. The minimum atomic E-state index is -0.502. The standard InChI is InChI=1S/C27H24BrNO7/c1-34-23-13-16(12-18(28)27(23)35-14-15-8-10-17(11-9-15)29(32)33)24-25-19(30)4-2-6-21(25)36-22-7-3-5-20(31)26(22)24/h8-13,24H,2-7,14H2,1H3. The summed E-state index contributed by atoms with van der Waals surface area (Å²) in [5, 5.41) is 10.9. The summed E-state index contributed by atoms with van der Waals surface area (Å²) < 4.78 is 18.4. The molecule has 9 heteroatoms. The van der Waals surface area contributed by atoms with Gasteiger partial charge in [-0.2, -0.15) is 0 Å². The lowest BCUT2D eigenvalue weighted by atomic mass is 9.73. The van der Waals surface area contributed by atoms with Crippen LogP contribution in [-0.4, -0.2) is 23.6 Å². The maximum Gasteiger partial charge on any atom is 0.269 e. The molecule has 0 fully saturated rings. The van der Waals surface area contributed by atoms with E-state index in [9.17, 15) is 19.7 Å². The molecule has 0 saturated heterocycles. The molecule has 0 radical (unpaired) electrons. The van der Waals surface area contributed by atoms with Gasteiger partial charge in [-0.1, -0.05) is 0 Å². The monoisotopic (exact) mass is 553 g/mol. The van der Waals surface area contributed by atoms with Gasteiger partial charge in [0.2, 0.25) is 0 Å². The summed E-state index contributed by atoms with van der Waals surface area (Å²) in [5.74, 6) is 1.79. The minimum absolute atomic E-state index is 0.00944. The molecular weight excluding hydrogens is 530 g/mol. The number of carbonyl (C=O) groups excluding carboxylic acids is 2. The molecule has 1 aliphatic heterocycles. The number of nitro benzene ring substituents is 1. The number of methoxy groups -OCH3 is 1. The Morgan fingerprint density at radius 2 is 1.61 bits per heavy atom. The third-order valence-electron chi connectivity index (χ3n) is 6.76. The molecule has 36 heavy (non-hydrogen) atoms. The molecule has 0 bridgehead atoms. The second-order valence-electron chi connectivity index (χ2n) is 9.01. The largest absolute Gasteiger partial charge is 0.493 e. The van der Waals surface area contributed by atoms with Crippen LogP contribution in [0.1, 0.15) is 55.6 Å². The molecule has 5 rings (SSSR count).